The minimum absolute atomic E-state index is 0.00330. The summed E-state index contributed by atoms with van der Waals surface area (Å²) in [5.41, 5.74) is 5.97. The van der Waals surface area contributed by atoms with E-state index in [0.717, 1.165) is 27.9 Å². The van der Waals surface area contributed by atoms with Crippen LogP contribution in [0.4, 0.5) is 17.6 Å². The summed E-state index contributed by atoms with van der Waals surface area (Å²) in [4.78, 5) is 26.1. The van der Waals surface area contributed by atoms with Gasteiger partial charge in [-0.3, -0.25) is 4.79 Å². The highest BCUT2D eigenvalue weighted by molar-refractivity contribution is 5.94. The standard InChI is InChI=1S/C28H23F2N5O3.C28H25F2N3O4/c1-15-13-36-27-22(14-37-26(15)27)38-28-32-21-12-20(29)23(24(30)25(21)33-28)18-4-2-16(3-5-18)17-6-8-19(9-7-17)35-11-10-31-34-35;1-14-12-35-26-21(13-36-25(14)26)37-28-32-20-11-19(29)22(23(30)24(20)33-28)17-7-3-15(4-8-17)16-5-9-18(10-6-16)27(34)31-2/h2-12,15,22,26-27H,13-14H2,1H3,(H,32,33);3-11,14,21,25-26H,12-13H2,1-2H3,(H,31,34)(H,32,33)/t15-,22-,26-,27-;14-,21-,25-,26-/m11/s1. The van der Waals surface area contributed by atoms with Gasteiger partial charge in [0.2, 0.25) is 0 Å². The minimum atomic E-state index is -0.768. The second-order valence-electron chi connectivity index (χ2n) is 19.1. The zero-order valence-electron chi connectivity index (χ0n) is 40.6. The van der Waals surface area contributed by atoms with Crippen LogP contribution in [-0.4, -0.2) is 111 Å². The van der Waals surface area contributed by atoms with E-state index < -0.39 is 23.3 Å². The number of imidazole rings is 2. The number of aromatic amines is 2. The first-order chi connectivity index (χ1) is 36.5. The van der Waals surface area contributed by atoms with E-state index in [-0.39, 0.29) is 99.6 Å². The van der Waals surface area contributed by atoms with Crippen molar-refractivity contribution in [2.24, 2.45) is 11.8 Å². The number of hydrogen-bond donors (Lipinski definition) is 3. The number of fused-ring (bicyclic) bond motifs is 4. The summed E-state index contributed by atoms with van der Waals surface area (Å²) in [5, 5.41) is 10.4. The van der Waals surface area contributed by atoms with Gasteiger partial charge in [0.1, 0.15) is 34.9 Å². The molecule has 19 heteroatoms. The van der Waals surface area contributed by atoms with Crippen LogP contribution in [0.2, 0.25) is 0 Å². The fourth-order valence-corrected chi connectivity index (χ4v) is 10.3. The van der Waals surface area contributed by atoms with Gasteiger partial charge in [0.25, 0.3) is 17.9 Å². The summed E-state index contributed by atoms with van der Waals surface area (Å²) in [6.45, 7) is 6.03. The first kappa shape index (κ1) is 48.0. The number of hydrogen-bond acceptors (Lipinski definition) is 11. The molecule has 382 valence electrons. The Morgan fingerprint density at radius 1 is 0.587 bits per heavy atom. The Bertz CT molecular complexity index is 3540. The Hall–Kier alpha value is -7.97. The Labute approximate surface area is 426 Å². The monoisotopic (exact) mass is 1020 g/mol. The van der Waals surface area contributed by atoms with Crippen molar-refractivity contribution in [1.82, 2.24) is 40.2 Å². The molecule has 7 heterocycles. The first-order valence-corrected chi connectivity index (χ1v) is 24.5. The molecule has 0 radical (unpaired) electrons. The molecule has 6 aromatic carbocycles. The molecule has 3 aromatic heterocycles. The van der Waals surface area contributed by atoms with Gasteiger partial charge >= 0.3 is 0 Å². The maximum absolute atomic E-state index is 15.6. The van der Waals surface area contributed by atoms with Gasteiger partial charge in [-0.1, -0.05) is 91.9 Å². The lowest BCUT2D eigenvalue weighted by Gasteiger charge is -2.15. The summed E-state index contributed by atoms with van der Waals surface area (Å²) in [5.74, 6) is -2.53. The predicted molar refractivity (Wildman–Crippen MR) is 268 cm³/mol. The number of amides is 1. The molecule has 0 unspecified atom stereocenters. The van der Waals surface area contributed by atoms with Gasteiger partial charge < -0.3 is 43.7 Å². The molecule has 0 saturated carbocycles. The van der Waals surface area contributed by atoms with E-state index in [1.165, 1.54) is 12.1 Å². The van der Waals surface area contributed by atoms with E-state index in [2.05, 4.69) is 49.4 Å². The second kappa shape index (κ2) is 19.7. The third-order valence-electron chi connectivity index (χ3n) is 14.3. The summed E-state index contributed by atoms with van der Waals surface area (Å²) >= 11 is 0. The molecular formula is C56H48F4N8O7. The van der Waals surface area contributed by atoms with Crippen LogP contribution in [0.15, 0.2) is 122 Å². The van der Waals surface area contributed by atoms with Gasteiger partial charge in [0, 0.05) is 36.6 Å². The number of carbonyl (C=O) groups excluding carboxylic acids is 1. The van der Waals surface area contributed by atoms with Gasteiger partial charge in [-0.25, -0.2) is 22.2 Å². The molecule has 0 spiro atoms. The topological polar surface area (TPSA) is 173 Å². The van der Waals surface area contributed by atoms with Crippen LogP contribution in [-0.2, 0) is 18.9 Å². The lowest BCUT2D eigenvalue weighted by atomic mass is 9.98. The molecule has 3 N–H and O–H groups in total. The average molecular weight is 1020 g/mol. The fourth-order valence-electron chi connectivity index (χ4n) is 10.3. The molecular weight excluding hydrogens is 973 g/mol. The largest absolute Gasteiger partial charge is 0.456 e. The average Bonchev–Trinajstić information content (AvgIpc) is 4.31. The lowest BCUT2D eigenvalue weighted by Crippen LogP contribution is -2.33. The van der Waals surface area contributed by atoms with Gasteiger partial charge in [-0.15, -0.1) is 5.10 Å². The Morgan fingerprint density at radius 3 is 1.43 bits per heavy atom. The molecule has 13 rings (SSSR count). The zero-order valence-corrected chi connectivity index (χ0v) is 40.6. The van der Waals surface area contributed by atoms with Crippen molar-refractivity contribution < 1.29 is 50.8 Å². The molecule has 4 aliphatic rings. The third kappa shape index (κ3) is 9.04. The molecule has 4 fully saturated rings. The lowest BCUT2D eigenvalue weighted by molar-refractivity contribution is 0.0262. The van der Waals surface area contributed by atoms with Gasteiger partial charge in [-0.05, 0) is 57.6 Å². The van der Waals surface area contributed by atoms with Crippen molar-refractivity contribution in [2.75, 3.05) is 33.5 Å². The number of nitrogens with one attached hydrogen (secondary N) is 3. The summed E-state index contributed by atoms with van der Waals surface area (Å²) < 4.78 is 98.0. The Kier molecular flexibility index (Phi) is 12.6. The van der Waals surface area contributed by atoms with Crippen molar-refractivity contribution >= 4 is 28.0 Å². The van der Waals surface area contributed by atoms with Gasteiger partial charge in [0.05, 0.1) is 78.9 Å². The number of benzene rings is 6. The highest BCUT2D eigenvalue weighted by Crippen LogP contribution is 2.38. The normalized spacial score (nSPS) is 22.8. The summed E-state index contributed by atoms with van der Waals surface area (Å²) in [7, 11) is 1.58. The number of halogens is 4. The minimum Gasteiger partial charge on any atom is -0.456 e. The summed E-state index contributed by atoms with van der Waals surface area (Å²) in [6.07, 6.45) is 2.17. The molecule has 4 aliphatic heterocycles. The van der Waals surface area contributed by atoms with E-state index in [1.54, 1.807) is 72.7 Å². The molecule has 0 aliphatic carbocycles. The second-order valence-corrected chi connectivity index (χ2v) is 19.1. The number of carbonyl (C=O) groups is 1. The van der Waals surface area contributed by atoms with E-state index in [9.17, 15) is 4.79 Å². The SMILES string of the molecule is CNC(=O)c1ccc(-c2ccc(-c3c(F)cc4[nH]c(O[C@@H]5CO[C@H]6[C@@H]5OC[C@H]6C)nc4c3F)cc2)cc1.C[C@@H]1CO[C@H]2[C@@H]1OC[C@H]2Oc1nc2c(F)c(-c3ccc(-c4ccc(-n5ccnn5)cc4)cc3)c(F)cc2[nH]1. The van der Waals surface area contributed by atoms with Gasteiger partial charge in [0.15, 0.2) is 23.8 Å². The van der Waals surface area contributed by atoms with Crippen molar-refractivity contribution in [3.63, 3.8) is 0 Å². The molecule has 8 atom stereocenters. The zero-order chi connectivity index (χ0) is 51.5. The highest BCUT2D eigenvalue weighted by atomic mass is 19.1. The maximum atomic E-state index is 15.6. The van der Waals surface area contributed by atoms with Crippen LogP contribution in [0.1, 0.15) is 24.2 Å². The van der Waals surface area contributed by atoms with Crippen LogP contribution in [0.3, 0.4) is 0 Å². The molecule has 75 heavy (non-hydrogen) atoms. The van der Waals surface area contributed by atoms with E-state index in [1.807, 2.05) is 48.5 Å². The third-order valence-corrected chi connectivity index (χ3v) is 14.3. The number of rotatable bonds is 10. The number of ether oxygens (including phenoxy) is 6. The van der Waals surface area contributed by atoms with Crippen LogP contribution in [0, 0.1) is 35.1 Å². The van der Waals surface area contributed by atoms with E-state index in [0.29, 0.717) is 43.1 Å². The van der Waals surface area contributed by atoms with Crippen molar-refractivity contribution in [3.8, 4) is 62.2 Å². The first-order valence-electron chi connectivity index (χ1n) is 24.5. The van der Waals surface area contributed by atoms with Crippen LogP contribution in [0.25, 0.3) is 72.3 Å². The highest BCUT2D eigenvalue weighted by Gasteiger charge is 2.48. The maximum Gasteiger partial charge on any atom is 0.295 e. The number of H-pyrrole nitrogens is 2. The predicted octanol–water partition coefficient (Wildman–Crippen LogP) is 9.65. The number of nitrogens with zero attached hydrogens (tertiary/aromatic N) is 5. The summed E-state index contributed by atoms with van der Waals surface area (Å²) in [6, 6.07) is 31.5. The Morgan fingerprint density at radius 2 is 1.00 bits per heavy atom. The molecule has 4 saturated heterocycles. The fraction of sp³-hybridized carbons (Fsp3) is 0.268. The van der Waals surface area contributed by atoms with Gasteiger partial charge in [-0.2, -0.15) is 9.97 Å². The molecule has 15 nitrogen and oxygen atoms in total. The van der Waals surface area contributed by atoms with Crippen LogP contribution >= 0.6 is 0 Å². The van der Waals surface area contributed by atoms with Crippen molar-refractivity contribution in [2.45, 2.75) is 50.5 Å². The van der Waals surface area contributed by atoms with Crippen molar-refractivity contribution in [3.05, 3.63) is 150 Å². The Balaban J connectivity index is 0.000000152. The molecule has 1 amide bonds. The van der Waals surface area contributed by atoms with Crippen molar-refractivity contribution in [1.29, 1.82) is 0 Å². The number of aromatic nitrogens is 7. The molecule has 0 bridgehead atoms. The molecule has 9 aromatic rings. The van der Waals surface area contributed by atoms with Crippen LogP contribution < -0.4 is 14.8 Å². The van der Waals surface area contributed by atoms with E-state index in [4.69, 9.17) is 28.4 Å². The van der Waals surface area contributed by atoms with Crippen LogP contribution in [0.5, 0.6) is 12.0 Å². The quantitative estimate of drug-likeness (QED) is 0.111. The van der Waals surface area contributed by atoms with E-state index >= 15 is 17.6 Å². The smallest absolute Gasteiger partial charge is 0.295 e.